The summed E-state index contributed by atoms with van der Waals surface area (Å²) in [5, 5.41) is 5.39. The number of rotatable bonds is 8. The number of hydrogen-bond acceptors (Lipinski definition) is 4. The first-order chi connectivity index (χ1) is 12.5. The zero-order chi connectivity index (χ0) is 18.9. The molecule has 0 aliphatic rings. The summed E-state index contributed by atoms with van der Waals surface area (Å²) in [6, 6.07) is 12.4. The fourth-order valence-electron chi connectivity index (χ4n) is 2.36. The Balaban J connectivity index is 1.97. The van der Waals surface area contributed by atoms with E-state index in [1.54, 1.807) is 18.2 Å². The topological polar surface area (TPSA) is 76.7 Å². The third-order valence-corrected chi connectivity index (χ3v) is 3.63. The first-order valence-electron chi connectivity index (χ1n) is 8.58. The molecule has 0 fully saturated rings. The van der Waals surface area contributed by atoms with E-state index in [1.807, 2.05) is 45.0 Å². The average Bonchev–Trinajstić information content (AvgIpc) is 2.63. The molecule has 0 aliphatic heterocycles. The van der Waals surface area contributed by atoms with Crippen LogP contribution in [0.1, 0.15) is 29.8 Å². The van der Waals surface area contributed by atoms with E-state index in [1.165, 1.54) is 0 Å². The van der Waals surface area contributed by atoms with Crippen molar-refractivity contribution in [1.82, 2.24) is 5.32 Å². The number of nitrogens with one attached hydrogen (secondary N) is 2. The molecule has 2 aromatic carbocycles. The molecule has 0 bridgehead atoms. The summed E-state index contributed by atoms with van der Waals surface area (Å²) in [6.45, 7) is 6.49. The number of para-hydroxylation sites is 1. The Morgan fingerprint density at radius 2 is 1.65 bits per heavy atom. The molecule has 6 nitrogen and oxygen atoms in total. The van der Waals surface area contributed by atoms with Gasteiger partial charge >= 0.3 is 0 Å². The van der Waals surface area contributed by atoms with Crippen LogP contribution in [-0.4, -0.2) is 31.6 Å². The molecular formula is C20H24N2O4. The number of amides is 2. The smallest absolute Gasteiger partial charge is 0.251 e. The number of anilines is 1. The van der Waals surface area contributed by atoms with Crippen LogP contribution in [-0.2, 0) is 4.79 Å². The second-order valence-corrected chi connectivity index (χ2v) is 5.57. The Bertz CT molecular complexity index is 774. The second-order valence-electron chi connectivity index (χ2n) is 5.57. The SMILES string of the molecule is CCOc1ccc(C(=O)NCC(=O)Nc2ccccc2C)cc1OCC. The van der Waals surface area contributed by atoms with E-state index in [9.17, 15) is 9.59 Å². The highest BCUT2D eigenvalue weighted by molar-refractivity contribution is 5.99. The van der Waals surface area contributed by atoms with E-state index >= 15 is 0 Å². The fraction of sp³-hybridized carbons (Fsp3) is 0.300. The van der Waals surface area contributed by atoms with Gasteiger partial charge in [-0.05, 0) is 50.6 Å². The maximum Gasteiger partial charge on any atom is 0.251 e. The first kappa shape index (κ1) is 19.3. The molecule has 0 saturated heterocycles. The lowest BCUT2D eigenvalue weighted by molar-refractivity contribution is -0.115. The maximum absolute atomic E-state index is 12.3. The lowest BCUT2D eigenvalue weighted by Gasteiger charge is -2.13. The number of carbonyl (C=O) groups is 2. The number of aryl methyl sites for hydroxylation is 1. The standard InChI is InChI=1S/C20H24N2O4/c1-4-25-17-11-10-15(12-18(17)26-5-2)20(24)21-13-19(23)22-16-9-7-6-8-14(16)3/h6-12H,4-5,13H2,1-3H3,(H,21,24)(H,22,23). The molecule has 2 amide bonds. The largest absolute Gasteiger partial charge is 0.490 e. The highest BCUT2D eigenvalue weighted by Gasteiger charge is 2.13. The van der Waals surface area contributed by atoms with E-state index in [2.05, 4.69) is 10.6 Å². The van der Waals surface area contributed by atoms with E-state index in [-0.39, 0.29) is 18.4 Å². The number of carbonyl (C=O) groups excluding carboxylic acids is 2. The highest BCUT2D eigenvalue weighted by Crippen LogP contribution is 2.28. The summed E-state index contributed by atoms with van der Waals surface area (Å²) < 4.78 is 11.0. The molecule has 6 heteroatoms. The molecule has 2 rings (SSSR count). The Labute approximate surface area is 153 Å². The van der Waals surface area contributed by atoms with Crippen molar-refractivity contribution >= 4 is 17.5 Å². The minimum Gasteiger partial charge on any atom is -0.490 e. The Morgan fingerprint density at radius 3 is 2.35 bits per heavy atom. The van der Waals surface area contributed by atoms with Crippen LogP contribution in [0.25, 0.3) is 0 Å². The van der Waals surface area contributed by atoms with Crippen LogP contribution in [0.5, 0.6) is 11.5 Å². The lowest BCUT2D eigenvalue weighted by Crippen LogP contribution is -2.33. The van der Waals surface area contributed by atoms with Gasteiger partial charge in [0.15, 0.2) is 11.5 Å². The monoisotopic (exact) mass is 356 g/mol. The van der Waals surface area contributed by atoms with Gasteiger partial charge in [-0.3, -0.25) is 9.59 Å². The van der Waals surface area contributed by atoms with E-state index in [0.29, 0.717) is 30.3 Å². The molecule has 0 heterocycles. The summed E-state index contributed by atoms with van der Waals surface area (Å²) in [4.78, 5) is 24.3. The van der Waals surface area contributed by atoms with Crippen molar-refractivity contribution in [3.8, 4) is 11.5 Å². The van der Waals surface area contributed by atoms with E-state index in [0.717, 1.165) is 11.3 Å². The molecule has 2 N–H and O–H groups in total. The van der Waals surface area contributed by atoms with Crippen LogP contribution in [0.2, 0.25) is 0 Å². The quantitative estimate of drug-likeness (QED) is 0.762. The van der Waals surface area contributed by atoms with Crippen molar-refractivity contribution in [1.29, 1.82) is 0 Å². The predicted octanol–water partition coefficient (Wildman–Crippen LogP) is 3.16. The summed E-state index contributed by atoms with van der Waals surface area (Å²) in [5.74, 6) is 0.451. The van der Waals surface area contributed by atoms with Gasteiger partial charge in [0.1, 0.15) is 0 Å². The van der Waals surface area contributed by atoms with E-state index < -0.39 is 0 Å². The average molecular weight is 356 g/mol. The Morgan fingerprint density at radius 1 is 0.962 bits per heavy atom. The Hall–Kier alpha value is -3.02. The van der Waals surface area contributed by atoms with Crippen LogP contribution < -0.4 is 20.1 Å². The normalized spacial score (nSPS) is 10.1. The van der Waals surface area contributed by atoms with Crippen LogP contribution in [0.4, 0.5) is 5.69 Å². The van der Waals surface area contributed by atoms with Gasteiger partial charge in [-0.15, -0.1) is 0 Å². The summed E-state index contributed by atoms with van der Waals surface area (Å²) in [7, 11) is 0. The van der Waals surface area contributed by atoms with Gasteiger partial charge in [0, 0.05) is 11.3 Å². The zero-order valence-electron chi connectivity index (χ0n) is 15.3. The van der Waals surface area contributed by atoms with Gasteiger partial charge in [-0.2, -0.15) is 0 Å². The minimum atomic E-state index is -0.353. The molecule has 0 atom stereocenters. The number of ether oxygens (including phenoxy) is 2. The second kappa shape index (κ2) is 9.46. The van der Waals surface area contributed by atoms with Crippen molar-refractivity contribution in [2.24, 2.45) is 0 Å². The molecular weight excluding hydrogens is 332 g/mol. The zero-order valence-corrected chi connectivity index (χ0v) is 15.3. The Kier molecular flexibility index (Phi) is 7.02. The summed E-state index contributed by atoms with van der Waals surface area (Å²) in [5.41, 5.74) is 2.09. The van der Waals surface area contributed by atoms with Crippen molar-refractivity contribution in [2.45, 2.75) is 20.8 Å². The summed E-state index contributed by atoms with van der Waals surface area (Å²) >= 11 is 0. The molecule has 0 spiro atoms. The van der Waals surface area contributed by atoms with Crippen molar-refractivity contribution in [3.05, 3.63) is 53.6 Å². The molecule has 0 radical (unpaired) electrons. The molecule has 0 aromatic heterocycles. The maximum atomic E-state index is 12.3. The van der Waals surface area contributed by atoms with E-state index in [4.69, 9.17) is 9.47 Å². The van der Waals surface area contributed by atoms with Crippen LogP contribution in [0.15, 0.2) is 42.5 Å². The van der Waals surface area contributed by atoms with Gasteiger partial charge in [-0.1, -0.05) is 18.2 Å². The van der Waals surface area contributed by atoms with Crippen molar-refractivity contribution in [2.75, 3.05) is 25.1 Å². The third kappa shape index (κ3) is 5.24. The van der Waals surface area contributed by atoms with Crippen LogP contribution >= 0.6 is 0 Å². The third-order valence-electron chi connectivity index (χ3n) is 3.63. The van der Waals surface area contributed by atoms with Gasteiger partial charge < -0.3 is 20.1 Å². The molecule has 2 aromatic rings. The van der Waals surface area contributed by atoms with Crippen molar-refractivity contribution in [3.63, 3.8) is 0 Å². The number of hydrogen-bond donors (Lipinski definition) is 2. The van der Waals surface area contributed by atoms with Crippen molar-refractivity contribution < 1.29 is 19.1 Å². The van der Waals surface area contributed by atoms with Gasteiger partial charge in [0.25, 0.3) is 5.91 Å². The molecule has 0 saturated carbocycles. The molecule has 0 aliphatic carbocycles. The fourth-order valence-corrected chi connectivity index (χ4v) is 2.36. The van der Waals surface area contributed by atoms with Gasteiger partial charge in [-0.25, -0.2) is 0 Å². The van der Waals surface area contributed by atoms with Gasteiger partial charge in [0.05, 0.1) is 19.8 Å². The number of benzene rings is 2. The summed E-state index contributed by atoms with van der Waals surface area (Å²) in [6.07, 6.45) is 0. The van der Waals surface area contributed by atoms with Crippen LogP contribution in [0, 0.1) is 6.92 Å². The minimum absolute atomic E-state index is 0.121. The molecule has 0 unspecified atom stereocenters. The molecule has 138 valence electrons. The highest BCUT2D eigenvalue weighted by atomic mass is 16.5. The molecule has 26 heavy (non-hydrogen) atoms. The van der Waals surface area contributed by atoms with Crippen LogP contribution in [0.3, 0.4) is 0 Å². The lowest BCUT2D eigenvalue weighted by atomic mass is 10.2. The van der Waals surface area contributed by atoms with Gasteiger partial charge in [0.2, 0.25) is 5.91 Å². The predicted molar refractivity (Wildman–Crippen MR) is 101 cm³/mol. The first-order valence-corrected chi connectivity index (χ1v) is 8.58.